The lowest BCUT2D eigenvalue weighted by Gasteiger charge is -2.05. The van der Waals surface area contributed by atoms with Crippen LogP contribution in [0.1, 0.15) is 24.2 Å². The number of anilines is 1. The van der Waals surface area contributed by atoms with Crippen molar-refractivity contribution < 1.29 is 19.2 Å². The molecule has 0 unspecified atom stereocenters. The first-order valence-corrected chi connectivity index (χ1v) is 6.21. The maximum absolute atomic E-state index is 11.4. The van der Waals surface area contributed by atoms with Crippen LogP contribution < -0.4 is 5.32 Å². The van der Waals surface area contributed by atoms with Crippen LogP contribution >= 0.6 is 11.6 Å². The van der Waals surface area contributed by atoms with Crippen LogP contribution in [-0.4, -0.2) is 24.3 Å². The quantitative estimate of drug-likeness (QED) is 0.401. The number of carbonyl (C=O) groups excluding carboxylic acids is 2. The molecule has 1 aromatic rings. The number of nitrogens with zero attached hydrogens (tertiary/aromatic N) is 1. The molecule has 0 aliphatic rings. The zero-order valence-electron chi connectivity index (χ0n) is 11.3. The molecule has 1 aromatic carbocycles. The highest BCUT2D eigenvalue weighted by molar-refractivity contribution is 6.65. The van der Waals surface area contributed by atoms with Crippen molar-refractivity contribution in [1.29, 1.82) is 0 Å². The molecule has 0 atom stereocenters. The summed E-state index contributed by atoms with van der Waals surface area (Å²) < 4.78 is 4.56. The maximum atomic E-state index is 11.4. The number of ether oxygens (including phenoxy) is 1. The highest BCUT2D eigenvalue weighted by atomic mass is 35.5. The third-order valence-electron chi connectivity index (χ3n) is 2.24. The van der Waals surface area contributed by atoms with Crippen molar-refractivity contribution in [3.05, 3.63) is 29.8 Å². The fourth-order valence-corrected chi connectivity index (χ4v) is 1.17. The van der Waals surface area contributed by atoms with Crippen molar-refractivity contribution in [3.63, 3.8) is 0 Å². The average molecular weight is 299 g/mol. The summed E-state index contributed by atoms with van der Waals surface area (Å²) in [5, 5.41) is 6.11. The van der Waals surface area contributed by atoms with E-state index in [0.29, 0.717) is 11.3 Å². The number of methoxy groups -OCH3 is 1. The minimum Gasteiger partial charge on any atom is -0.465 e. The normalized spacial score (nSPS) is 11.2. The molecule has 0 fully saturated rings. The van der Waals surface area contributed by atoms with Crippen LogP contribution in [0.15, 0.2) is 29.4 Å². The largest absolute Gasteiger partial charge is 0.465 e. The molecule has 0 saturated carbocycles. The molecule has 1 rings (SSSR count). The molecule has 1 N–H and O–H groups in total. The van der Waals surface area contributed by atoms with Crippen LogP contribution in [0.5, 0.6) is 0 Å². The molecule has 108 valence electrons. The number of halogens is 1. The van der Waals surface area contributed by atoms with E-state index in [1.165, 1.54) is 19.2 Å². The van der Waals surface area contributed by atoms with Gasteiger partial charge in [-0.1, -0.05) is 30.6 Å². The van der Waals surface area contributed by atoms with Gasteiger partial charge in [0, 0.05) is 11.6 Å². The Hall–Kier alpha value is -2.08. The molecule has 7 heteroatoms. The van der Waals surface area contributed by atoms with Crippen molar-refractivity contribution in [3.8, 4) is 0 Å². The zero-order valence-corrected chi connectivity index (χ0v) is 12.1. The van der Waals surface area contributed by atoms with E-state index in [9.17, 15) is 9.59 Å². The van der Waals surface area contributed by atoms with E-state index in [-0.39, 0.29) is 11.1 Å². The van der Waals surface area contributed by atoms with E-state index in [4.69, 9.17) is 11.6 Å². The van der Waals surface area contributed by atoms with E-state index < -0.39 is 12.1 Å². The van der Waals surface area contributed by atoms with Gasteiger partial charge in [-0.25, -0.2) is 9.59 Å². The molecule has 0 spiro atoms. The summed E-state index contributed by atoms with van der Waals surface area (Å²) in [6, 6.07) is 6.13. The first-order chi connectivity index (χ1) is 9.43. The van der Waals surface area contributed by atoms with Gasteiger partial charge in [-0.05, 0) is 24.3 Å². The maximum Gasteiger partial charge on any atom is 0.437 e. The molecular formula is C13H15ClN2O4. The van der Waals surface area contributed by atoms with E-state index >= 15 is 0 Å². The van der Waals surface area contributed by atoms with Crippen LogP contribution in [-0.2, 0) is 9.57 Å². The fourth-order valence-electron chi connectivity index (χ4n) is 1.14. The van der Waals surface area contributed by atoms with Crippen molar-refractivity contribution in [1.82, 2.24) is 0 Å². The van der Waals surface area contributed by atoms with Crippen LogP contribution in [0.25, 0.3) is 0 Å². The van der Waals surface area contributed by atoms with Gasteiger partial charge in [0.05, 0.1) is 12.7 Å². The monoisotopic (exact) mass is 298 g/mol. The number of hydrogen-bond acceptors (Lipinski definition) is 5. The summed E-state index contributed by atoms with van der Waals surface area (Å²) in [5.41, 5.74) is 0.839. The predicted molar refractivity (Wildman–Crippen MR) is 76.0 cm³/mol. The Morgan fingerprint density at radius 3 is 2.35 bits per heavy atom. The lowest BCUT2D eigenvalue weighted by Crippen LogP contribution is -2.12. The van der Waals surface area contributed by atoms with Gasteiger partial charge in [-0.3, -0.25) is 10.2 Å². The summed E-state index contributed by atoms with van der Waals surface area (Å²) >= 11 is 5.73. The summed E-state index contributed by atoms with van der Waals surface area (Å²) in [7, 11) is 1.29. The van der Waals surface area contributed by atoms with Crippen molar-refractivity contribution in [2.45, 2.75) is 13.8 Å². The standard InChI is InChI=1S/C13H15ClN2O4/c1-8(2)11(14)16-20-13(18)15-10-6-4-9(5-7-10)12(17)19-3/h4-8H,1-3H3,(H,15,18)/b16-11-. The first-order valence-electron chi connectivity index (χ1n) is 5.83. The number of esters is 1. The molecular weight excluding hydrogens is 284 g/mol. The second-order valence-corrected chi connectivity index (χ2v) is 4.53. The van der Waals surface area contributed by atoms with Crippen molar-refractivity contribution >= 4 is 34.5 Å². The van der Waals surface area contributed by atoms with Crippen LogP contribution in [0.3, 0.4) is 0 Å². The number of rotatable bonds is 4. The molecule has 20 heavy (non-hydrogen) atoms. The Morgan fingerprint density at radius 1 is 1.25 bits per heavy atom. The van der Waals surface area contributed by atoms with Gasteiger partial charge in [0.1, 0.15) is 5.17 Å². The number of carbonyl (C=O) groups is 2. The number of nitrogens with one attached hydrogen (secondary N) is 1. The minimum atomic E-state index is -0.769. The smallest absolute Gasteiger partial charge is 0.437 e. The van der Waals surface area contributed by atoms with Crippen LogP contribution in [0.4, 0.5) is 10.5 Å². The minimum absolute atomic E-state index is 0.0243. The van der Waals surface area contributed by atoms with E-state index in [1.807, 2.05) is 13.8 Å². The van der Waals surface area contributed by atoms with E-state index in [2.05, 4.69) is 20.0 Å². The molecule has 0 saturated heterocycles. The fraction of sp³-hybridized carbons (Fsp3) is 0.308. The van der Waals surface area contributed by atoms with Gasteiger partial charge < -0.3 is 4.74 Å². The third kappa shape index (κ3) is 4.89. The summed E-state index contributed by atoms with van der Waals surface area (Å²) in [4.78, 5) is 27.2. The lowest BCUT2D eigenvalue weighted by molar-refractivity contribution is 0.0600. The Kier molecular flexibility index (Phi) is 5.99. The number of amides is 1. The highest BCUT2D eigenvalue weighted by Gasteiger charge is 2.08. The Balaban J connectivity index is 2.59. The number of oxime groups is 1. The molecule has 6 nitrogen and oxygen atoms in total. The first kappa shape index (κ1) is 16.0. The van der Waals surface area contributed by atoms with Crippen molar-refractivity contribution in [2.24, 2.45) is 11.1 Å². The van der Waals surface area contributed by atoms with Gasteiger partial charge in [0.15, 0.2) is 0 Å². The molecule has 1 amide bonds. The topological polar surface area (TPSA) is 77.0 Å². The van der Waals surface area contributed by atoms with Crippen molar-refractivity contribution in [2.75, 3.05) is 12.4 Å². The summed E-state index contributed by atoms with van der Waals surface area (Å²) in [5.74, 6) is -0.476. The summed E-state index contributed by atoms with van der Waals surface area (Å²) in [6.45, 7) is 3.64. The molecule has 0 heterocycles. The molecule has 0 aliphatic heterocycles. The van der Waals surface area contributed by atoms with Crippen LogP contribution in [0, 0.1) is 5.92 Å². The molecule has 0 aliphatic carbocycles. The Morgan fingerprint density at radius 2 is 1.85 bits per heavy atom. The van der Waals surface area contributed by atoms with Gasteiger partial charge in [0.2, 0.25) is 0 Å². The van der Waals surface area contributed by atoms with Crippen LogP contribution in [0.2, 0.25) is 0 Å². The SMILES string of the molecule is COC(=O)c1ccc(NC(=O)O/N=C(\Cl)C(C)C)cc1. The zero-order chi connectivity index (χ0) is 15.1. The number of benzene rings is 1. The van der Waals surface area contributed by atoms with Gasteiger partial charge >= 0.3 is 12.1 Å². The Labute approximate surface area is 121 Å². The second-order valence-electron chi connectivity index (χ2n) is 4.14. The average Bonchev–Trinajstić information content (AvgIpc) is 2.44. The van der Waals surface area contributed by atoms with Gasteiger partial charge in [0.25, 0.3) is 0 Å². The molecule has 0 bridgehead atoms. The van der Waals surface area contributed by atoms with E-state index in [0.717, 1.165) is 0 Å². The van der Waals surface area contributed by atoms with Gasteiger partial charge in [-0.2, -0.15) is 0 Å². The predicted octanol–water partition coefficient (Wildman–Crippen LogP) is 3.23. The third-order valence-corrected chi connectivity index (χ3v) is 2.75. The molecule has 0 aromatic heterocycles. The number of hydrogen-bond donors (Lipinski definition) is 1. The Bertz CT molecular complexity index is 512. The lowest BCUT2D eigenvalue weighted by atomic mass is 10.2. The molecule has 0 radical (unpaired) electrons. The summed E-state index contributed by atoms with van der Waals surface area (Å²) in [6.07, 6.45) is -0.769. The highest BCUT2D eigenvalue weighted by Crippen LogP contribution is 2.11. The second kappa shape index (κ2) is 7.49. The van der Waals surface area contributed by atoms with E-state index in [1.54, 1.807) is 12.1 Å². The van der Waals surface area contributed by atoms with Gasteiger partial charge in [-0.15, -0.1) is 0 Å².